The molecule has 7 nitrogen and oxygen atoms in total. The van der Waals surface area contributed by atoms with Crippen molar-refractivity contribution in [3.8, 4) is 5.75 Å². The zero-order chi connectivity index (χ0) is 15.3. The van der Waals surface area contributed by atoms with Gasteiger partial charge in [0.25, 0.3) is 10.0 Å². The molecule has 1 heterocycles. The van der Waals surface area contributed by atoms with Crippen LogP contribution >= 0.6 is 0 Å². The average molecular weight is 311 g/mol. The van der Waals surface area contributed by atoms with Gasteiger partial charge in [0.05, 0.1) is 6.61 Å². The number of sulfonamides is 1. The number of ether oxygens (including phenoxy) is 1. The molecule has 0 aliphatic carbocycles. The molecule has 0 amide bonds. The summed E-state index contributed by atoms with van der Waals surface area (Å²) in [4.78, 5) is 0. The first-order valence-electron chi connectivity index (χ1n) is 6.37. The van der Waals surface area contributed by atoms with Gasteiger partial charge in [-0.2, -0.15) is 5.10 Å². The van der Waals surface area contributed by atoms with E-state index in [0.29, 0.717) is 11.4 Å². The topological polar surface area (TPSA) is 104 Å². The Morgan fingerprint density at radius 2 is 2.05 bits per heavy atom. The van der Waals surface area contributed by atoms with E-state index in [1.54, 1.807) is 19.1 Å². The molecule has 2 aromatic rings. The van der Waals surface area contributed by atoms with Crippen molar-refractivity contribution in [3.63, 3.8) is 0 Å². The highest BCUT2D eigenvalue weighted by atomic mass is 32.2. The van der Waals surface area contributed by atoms with E-state index < -0.39 is 10.0 Å². The van der Waals surface area contributed by atoms with Gasteiger partial charge in [-0.1, -0.05) is 18.2 Å². The van der Waals surface area contributed by atoms with Crippen LogP contribution in [-0.2, 0) is 16.6 Å². The standard InChI is InChI=1S/C13H17N3O4S/c1-10-12(9-17)13(16-15-10)21(18,19)14-7-8-20-11-5-3-2-4-6-11/h2-6,14,17H,7-9H2,1H3,(H,15,16). The second-order valence-corrected chi connectivity index (χ2v) is 6.03. The summed E-state index contributed by atoms with van der Waals surface area (Å²) < 4.78 is 31.9. The molecule has 0 saturated heterocycles. The number of nitrogens with zero attached hydrogens (tertiary/aromatic N) is 1. The zero-order valence-electron chi connectivity index (χ0n) is 11.5. The normalized spacial score (nSPS) is 11.5. The van der Waals surface area contributed by atoms with Crippen LogP contribution in [0.5, 0.6) is 5.75 Å². The molecule has 2 rings (SSSR count). The van der Waals surface area contributed by atoms with Crippen LogP contribution in [0.3, 0.4) is 0 Å². The van der Waals surface area contributed by atoms with E-state index in [1.807, 2.05) is 18.2 Å². The van der Waals surface area contributed by atoms with Crippen molar-refractivity contribution in [2.45, 2.75) is 18.6 Å². The van der Waals surface area contributed by atoms with E-state index in [4.69, 9.17) is 4.74 Å². The Morgan fingerprint density at radius 3 is 2.71 bits per heavy atom. The van der Waals surface area contributed by atoms with E-state index in [9.17, 15) is 13.5 Å². The van der Waals surface area contributed by atoms with Gasteiger partial charge >= 0.3 is 0 Å². The quantitative estimate of drug-likeness (QED) is 0.648. The molecule has 0 aliphatic rings. The summed E-state index contributed by atoms with van der Waals surface area (Å²) in [6.45, 7) is 1.56. The van der Waals surface area contributed by atoms with Gasteiger partial charge in [0.15, 0.2) is 5.03 Å². The maximum atomic E-state index is 12.1. The third-order valence-electron chi connectivity index (χ3n) is 2.85. The van der Waals surface area contributed by atoms with Crippen LogP contribution in [-0.4, -0.2) is 36.9 Å². The van der Waals surface area contributed by atoms with Crippen LogP contribution in [0.4, 0.5) is 0 Å². The van der Waals surface area contributed by atoms with Crippen molar-refractivity contribution in [3.05, 3.63) is 41.6 Å². The highest BCUT2D eigenvalue weighted by Crippen LogP contribution is 2.15. The lowest BCUT2D eigenvalue weighted by molar-refractivity contribution is 0.277. The lowest BCUT2D eigenvalue weighted by Crippen LogP contribution is -2.29. The fraction of sp³-hybridized carbons (Fsp3) is 0.308. The smallest absolute Gasteiger partial charge is 0.260 e. The average Bonchev–Trinajstić information content (AvgIpc) is 2.86. The molecule has 8 heteroatoms. The third-order valence-corrected chi connectivity index (χ3v) is 4.29. The predicted octanol–water partition coefficient (Wildman–Crippen LogP) is 0.568. The number of aliphatic hydroxyl groups excluding tert-OH is 1. The summed E-state index contributed by atoms with van der Waals surface area (Å²) in [6, 6.07) is 9.11. The number of aromatic amines is 1. The van der Waals surface area contributed by atoms with Crippen LogP contribution in [0.2, 0.25) is 0 Å². The Kier molecular flexibility index (Phi) is 4.94. The fourth-order valence-corrected chi connectivity index (χ4v) is 2.97. The van der Waals surface area contributed by atoms with Crippen molar-refractivity contribution < 1.29 is 18.3 Å². The summed E-state index contributed by atoms with van der Waals surface area (Å²) in [5.74, 6) is 0.670. The van der Waals surface area contributed by atoms with Crippen LogP contribution in [0.1, 0.15) is 11.3 Å². The van der Waals surface area contributed by atoms with Gasteiger partial charge in [-0.15, -0.1) is 0 Å². The van der Waals surface area contributed by atoms with Gasteiger partial charge in [0.1, 0.15) is 12.4 Å². The number of aliphatic hydroxyl groups is 1. The number of benzene rings is 1. The minimum absolute atomic E-state index is 0.105. The van der Waals surface area contributed by atoms with Gasteiger partial charge in [-0.25, -0.2) is 13.1 Å². The molecule has 0 fully saturated rings. The maximum absolute atomic E-state index is 12.1. The van der Waals surface area contributed by atoms with Crippen molar-refractivity contribution in [1.82, 2.24) is 14.9 Å². The van der Waals surface area contributed by atoms with Crippen molar-refractivity contribution in [2.75, 3.05) is 13.2 Å². The molecule has 0 bridgehead atoms. The molecule has 3 N–H and O–H groups in total. The Balaban J connectivity index is 1.92. The van der Waals surface area contributed by atoms with Crippen molar-refractivity contribution in [2.24, 2.45) is 0 Å². The summed E-state index contributed by atoms with van der Waals surface area (Å²) in [6.07, 6.45) is 0. The maximum Gasteiger partial charge on any atom is 0.260 e. The number of hydrogen-bond acceptors (Lipinski definition) is 5. The first-order chi connectivity index (χ1) is 10.0. The van der Waals surface area contributed by atoms with Gasteiger partial charge in [0, 0.05) is 17.8 Å². The predicted molar refractivity (Wildman–Crippen MR) is 76.4 cm³/mol. The van der Waals surface area contributed by atoms with E-state index in [-0.39, 0.29) is 30.3 Å². The van der Waals surface area contributed by atoms with E-state index >= 15 is 0 Å². The minimum atomic E-state index is -3.77. The Morgan fingerprint density at radius 1 is 1.33 bits per heavy atom. The lowest BCUT2D eigenvalue weighted by atomic mass is 10.3. The highest BCUT2D eigenvalue weighted by molar-refractivity contribution is 7.89. The first-order valence-corrected chi connectivity index (χ1v) is 7.85. The Hall–Kier alpha value is -1.90. The van der Waals surface area contributed by atoms with Gasteiger partial charge in [0.2, 0.25) is 0 Å². The first kappa shape index (κ1) is 15.5. The van der Waals surface area contributed by atoms with Crippen molar-refractivity contribution in [1.29, 1.82) is 0 Å². The number of nitrogens with one attached hydrogen (secondary N) is 2. The number of H-pyrrole nitrogens is 1. The molecule has 0 saturated carbocycles. The molecule has 0 atom stereocenters. The van der Waals surface area contributed by atoms with Gasteiger partial charge in [-0.3, -0.25) is 5.10 Å². The minimum Gasteiger partial charge on any atom is -0.492 e. The molecular weight excluding hydrogens is 294 g/mol. The van der Waals surface area contributed by atoms with E-state index in [1.165, 1.54) is 0 Å². The van der Waals surface area contributed by atoms with Crippen molar-refractivity contribution >= 4 is 10.0 Å². The van der Waals surface area contributed by atoms with E-state index in [0.717, 1.165) is 0 Å². The van der Waals surface area contributed by atoms with Gasteiger partial charge in [-0.05, 0) is 19.1 Å². The molecule has 114 valence electrons. The second kappa shape index (κ2) is 6.70. The molecule has 0 aliphatic heterocycles. The SMILES string of the molecule is Cc1[nH]nc(S(=O)(=O)NCCOc2ccccc2)c1CO. The van der Waals surface area contributed by atoms with Crippen LogP contribution in [0, 0.1) is 6.92 Å². The fourth-order valence-electron chi connectivity index (χ4n) is 1.77. The molecule has 21 heavy (non-hydrogen) atoms. The Bertz CT molecular complexity index is 683. The van der Waals surface area contributed by atoms with Crippen LogP contribution in [0.15, 0.2) is 35.4 Å². The molecule has 1 aromatic carbocycles. The summed E-state index contributed by atoms with van der Waals surface area (Å²) >= 11 is 0. The zero-order valence-corrected chi connectivity index (χ0v) is 12.4. The Labute approximate surface area is 123 Å². The molecule has 1 aromatic heterocycles. The largest absolute Gasteiger partial charge is 0.492 e. The summed E-state index contributed by atoms with van der Waals surface area (Å²) in [5, 5.41) is 15.3. The number of aryl methyl sites for hydroxylation is 1. The molecule has 0 radical (unpaired) electrons. The van der Waals surface area contributed by atoms with E-state index in [2.05, 4.69) is 14.9 Å². The second-order valence-electron chi connectivity index (χ2n) is 4.35. The van der Waals surface area contributed by atoms with Crippen LogP contribution in [0.25, 0.3) is 0 Å². The monoisotopic (exact) mass is 311 g/mol. The number of aromatic nitrogens is 2. The molecular formula is C13H17N3O4S. The number of hydrogen-bond donors (Lipinski definition) is 3. The number of rotatable bonds is 7. The third kappa shape index (κ3) is 3.81. The van der Waals surface area contributed by atoms with Gasteiger partial charge < -0.3 is 9.84 Å². The number of para-hydroxylation sites is 1. The van der Waals surface area contributed by atoms with Crippen LogP contribution < -0.4 is 9.46 Å². The summed E-state index contributed by atoms with van der Waals surface area (Å²) in [5.41, 5.74) is 0.796. The lowest BCUT2D eigenvalue weighted by Gasteiger charge is -2.08. The molecule has 0 unspecified atom stereocenters. The summed E-state index contributed by atoms with van der Waals surface area (Å²) in [7, 11) is -3.77. The highest BCUT2D eigenvalue weighted by Gasteiger charge is 2.22. The molecule has 0 spiro atoms.